The lowest BCUT2D eigenvalue weighted by Crippen LogP contribution is -2.51. The van der Waals surface area contributed by atoms with E-state index in [4.69, 9.17) is 12.2 Å². The number of rotatable bonds is 2. The van der Waals surface area contributed by atoms with E-state index < -0.39 is 0 Å². The van der Waals surface area contributed by atoms with Crippen molar-refractivity contribution in [2.45, 2.75) is 26.3 Å². The van der Waals surface area contributed by atoms with Gasteiger partial charge < -0.3 is 15.5 Å². The fourth-order valence-electron chi connectivity index (χ4n) is 1.95. The number of nitrogens with zero attached hydrogens (tertiary/aromatic N) is 1. The summed E-state index contributed by atoms with van der Waals surface area (Å²) in [5.74, 6) is 0.672. The van der Waals surface area contributed by atoms with Crippen molar-refractivity contribution in [1.29, 1.82) is 0 Å². The van der Waals surface area contributed by atoms with Gasteiger partial charge in [0.1, 0.15) is 0 Å². The summed E-state index contributed by atoms with van der Waals surface area (Å²) in [7, 11) is 2.18. The van der Waals surface area contributed by atoms with E-state index in [1.807, 2.05) is 0 Å². The zero-order valence-corrected chi connectivity index (χ0v) is 10.2. The number of nitrogens with one attached hydrogen (secondary N) is 2. The summed E-state index contributed by atoms with van der Waals surface area (Å²) in [5, 5.41) is 7.31. The molecule has 1 fully saturated rings. The van der Waals surface area contributed by atoms with Crippen LogP contribution in [0.4, 0.5) is 0 Å². The molecule has 1 heterocycles. The van der Waals surface area contributed by atoms with E-state index in [-0.39, 0.29) is 0 Å². The lowest BCUT2D eigenvalue weighted by atomic mass is 9.94. The van der Waals surface area contributed by atoms with Crippen LogP contribution < -0.4 is 10.6 Å². The van der Waals surface area contributed by atoms with Crippen molar-refractivity contribution in [2.24, 2.45) is 5.92 Å². The molecule has 1 saturated heterocycles. The third-order valence-corrected chi connectivity index (χ3v) is 3.02. The van der Waals surface area contributed by atoms with Crippen LogP contribution in [0.15, 0.2) is 0 Å². The Morgan fingerprint density at radius 3 is 2.86 bits per heavy atom. The Balaban J connectivity index is 2.33. The summed E-state index contributed by atoms with van der Waals surface area (Å²) in [6.07, 6.45) is 1.18. The standard InChI is InChI=1S/C10H21N3S/c1-4-11-10(14)12-9-5-6-13(3)7-8(9)2/h8-9H,4-7H2,1-3H3,(H2,11,12,14). The van der Waals surface area contributed by atoms with Crippen LogP contribution in [0.1, 0.15) is 20.3 Å². The predicted octanol–water partition coefficient (Wildman–Crippen LogP) is 0.811. The molecular formula is C10H21N3S. The first kappa shape index (κ1) is 11.7. The molecule has 0 amide bonds. The first-order valence-electron chi connectivity index (χ1n) is 5.36. The van der Waals surface area contributed by atoms with Crippen molar-refractivity contribution in [3.8, 4) is 0 Å². The normalized spacial score (nSPS) is 28.5. The van der Waals surface area contributed by atoms with Gasteiger partial charge in [-0.15, -0.1) is 0 Å². The second kappa shape index (κ2) is 5.51. The number of piperidine rings is 1. The van der Waals surface area contributed by atoms with Gasteiger partial charge in [0, 0.05) is 19.1 Å². The Kier molecular flexibility index (Phi) is 4.62. The average Bonchev–Trinajstić information content (AvgIpc) is 2.10. The molecule has 0 radical (unpaired) electrons. The minimum absolute atomic E-state index is 0.540. The molecule has 0 bridgehead atoms. The van der Waals surface area contributed by atoms with Crippen LogP contribution in [0.3, 0.4) is 0 Å². The van der Waals surface area contributed by atoms with Crippen molar-refractivity contribution >= 4 is 17.3 Å². The Morgan fingerprint density at radius 1 is 1.57 bits per heavy atom. The number of likely N-dealkylation sites (tertiary alicyclic amines) is 1. The zero-order chi connectivity index (χ0) is 10.6. The van der Waals surface area contributed by atoms with Crippen molar-refractivity contribution in [3.05, 3.63) is 0 Å². The lowest BCUT2D eigenvalue weighted by molar-refractivity contribution is 0.187. The monoisotopic (exact) mass is 215 g/mol. The molecule has 14 heavy (non-hydrogen) atoms. The van der Waals surface area contributed by atoms with E-state index in [2.05, 4.69) is 36.4 Å². The predicted molar refractivity (Wildman–Crippen MR) is 64.5 cm³/mol. The highest BCUT2D eigenvalue weighted by Crippen LogP contribution is 2.14. The fourth-order valence-corrected chi connectivity index (χ4v) is 2.24. The maximum Gasteiger partial charge on any atom is 0.166 e. The van der Waals surface area contributed by atoms with Crippen LogP contribution in [0, 0.1) is 5.92 Å². The maximum atomic E-state index is 5.18. The van der Waals surface area contributed by atoms with Gasteiger partial charge in [0.15, 0.2) is 5.11 Å². The van der Waals surface area contributed by atoms with Gasteiger partial charge in [-0.05, 0) is 45.1 Å². The highest BCUT2D eigenvalue weighted by Gasteiger charge is 2.24. The first-order valence-corrected chi connectivity index (χ1v) is 5.77. The molecule has 1 aliphatic heterocycles. The maximum absolute atomic E-state index is 5.18. The van der Waals surface area contributed by atoms with Gasteiger partial charge in [-0.1, -0.05) is 6.92 Å². The molecule has 2 N–H and O–H groups in total. The third-order valence-electron chi connectivity index (χ3n) is 2.76. The van der Waals surface area contributed by atoms with Crippen molar-refractivity contribution in [1.82, 2.24) is 15.5 Å². The molecule has 1 rings (SSSR count). The quantitative estimate of drug-likeness (QED) is 0.667. The van der Waals surface area contributed by atoms with Crippen molar-refractivity contribution in [2.75, 3.05) is 26.7 Å². The molecule has 0 aliphatic carbocycles. The fraction of sp³-hybridized carbons (Fsp3) is 0.900. The molecule has 0 aromatic heterocycles. The van der Waals surface area contributed by atoms with Gasteiger partial charge in [-0.3, -0.25) is 0 Å². The molecule has 4 heteroatoms. The Morgan fingerprint density at radius 2 is 2.29 bits per heavy atom. The molecular weight excluding hydrogens is 194 g/mol. The van der Waals surface area contributed by atoms with Crippen LogP contribution in [0.5, 0.6) is 0 Å². The van der Waals surface area contributed by atoms with E-state index >= 15 is 0 Å². The van der Waals surface area contributed by atoms with Gasteiger partial charge in [-0.25, -0.2) is 0 Å². The van der Waals surface area contributed by atoms with Gasteiger partial charge in [0.2, 0.25) is 0 Å². The first-order chi connectivity index (χ1) is 6.63. The minimum atomic E-state index is 0.540. The summed E-state index contributed by atoms with van der Waals surface area (Å²) < 4.78 is 0. The molecule has 0 saturated carbocycles. The summed E-state index contributed by atoms with van der Waals surface area (Å²) in [6, 6.07) is 0.540. The Bertz CT molecular complexity index is 196. The molecule has 2 unspecified atom stereocenters. The molecule has 0 aromatic rings. The van der Waals surface area contributed by atoms with Crippen LogP contribution in [-0.2, 0) is 0 Å². The van der Waals surface area contributed by atoms with Crippen LogP contribution in [-0.4, -0.2) is 42.7 Å². The summed E-state index contributed by atoms with van der Waals surface area (Å²) in [5.41, 5.74) is 0. The molecule has 1 aliphatic rings. The number of hydrogen-bond donors (Lipinski definition) is 2. The topological polar surface area (TPSA) is 27.3 Å². The minimum Gasteiger partial charge on any atom is -0.363 e. The lowest BCUT2D eigenvalue weighted by Gasteiger charge is -2.35. The Hall–Kier alpha value is -0.350. The van der Waals surface area contributed by atoms with Crippen LogP contribution in [0.25, 0.3) is 0 Å². The van der Waals surface area contributed by atoms with E-state index in [0.717, 1.165) is 24.7 Å². The van der Waals surface area contributed by atoms with Crippen molar-refractivity contribution < 1.29 is 0 Å². The van der Waals surface area contributed by atoms with Crippen LogP contribution in [0.2, 0.25) is 0 Å². The van der Waals surface area contributed by atoms with Gasteiger partial charge in [0.25, 0.3) is 0 Å². The smallest absolute Gasteiger partial charge is 0.166 e. The Labute approximate surface area is 92.2 Å². The van der Waals surface area contributed by atoms with E-state index in [9.17, 15) is 0 Å². The molecule has 3 nitrogen and oxygen atoms in total. The second-order valence-corrected chi connectivity index (χ2v) is 4.55. The largest absolute Gasteiger partial charge is 0.363 e. The van der Waals surface area contributed by atoms with E-state index in [0.29, 0.717) is 12.0 Å². The molecule has 0 aromatic carbocycles. The SMILES string of the molecule is CCNC(=S)NC1CCN(C)CC1C. The highest BCUT2D eigenvalue weighted by molar-refractivity contribution is 7.80. The highest BCUT2D eigenvalue weighted by atomic mass is 32.1. The van der Waals surface area contributed by atoms with Gasteiger partial charge in [-0.2, -0.15) is 0 Å². The molecule has 2 atom stereocenters. The third kappa shape index (κ3) is 3.42. The summed E-state index contributed by atoms with van der Waals surface area (Å²) in [4.78, 5) is 2.37. The summed E-state index contributed by atoms with van der Waals surface area (Å²) >= 11 is 5.18. The van der Waals surface area contributed by atoms with Crippen molar-refractivity contribution in [3.63, 3.8) is 0 Å². The summed E-state index contributed by atoms with van der Waals surface area (Å²) in [6.45, 7) is 7.56. The van der Waals surface area contributed by atoms with E-state index in [1.54, 1.807) is 0 Å². The van der Waals surface area contributed by atoms with Gasteiger partial charge >= 0.3 is 0 Å². The average molecular weight is 215 g/mol. The molecule has 82 valence electrons. The zero-order valence-electron chi connectivity index (χ0n) is 9.34. The number of hydrogen-bond acceptors (Lipinski definition) is 2. The van der Waals surface area contributed by atoms with Gasteiger partial charge in [0.05, 0.1) is 0 Å². The molecule has 0 spiro atoms. The number of thiocarbonyl (C=S) groups is 1. The second-order valence-electron chi connectivity index (χ2n) is 4.14. The van der Waals surface area contributed by atoms with E-state index in [1.165, 1.54) is 6.42 Å². The van der Waals surface area contributed by atoms with Crippen LogP contribution >= 0.6 is 12.2 Å².